The Morgan fingerprint density at radius 3 is 2.53 bits per heavy atom. The summed E-state index contributed by atoms with van der Waals surface area (Å²) in [6.45, 7) is 2.94. The molecule has 0 amide bonds. The molecule has 0 radical (unpaired) electrons. The first-order valence-corrected chi connectivity index (χ1v) is 6.30. The van der Waals surface area contributed by atoms with Gasteiger partial charge < -0.3 is 9.79 Å². The molecule has 1 aliphatic rings. The van der Waals surface area contributed by atoms with Crippen LogP contribution in [0.4, 0.5) is 0 Å². The van der Waals surface area contributed by atoms with Crippen LogP contribution in [0.1, 0.15) is 26.7 Å². The first kappa shape index (κ1) is 12.4. The van der Waals surface area contributed by atoms with Crippen LogP contribution in [-0.4, -0.2) is 20.7 Å². The zero-order valence-corrected chi connectivity index (χ0v) is 9.70. The van der Waals surface area contributed by atoms with Gasteiger partial charge >= 0.3 is 7.60 Å². The van der Waals surface area contributed by atoms with Crippen molar-refractivity contribution in [3.8, 4) is 0 Å². The number of Topliss-reactive ketones (excluding diaryl/α,β-unsaturated/α-hetero) is 1. The van der Waals surface area contributed by atoms with Crippen molar-refractivity contribution in [1.29, 1.82) is 0 Å². The second kappa shape index (κ2) is 4.05. The number of hydrogen-bond acceptors (Lipinski definition) is 2. The molecule has 2 N–H and O–H groups in total. The average Bonchev–Trinajstić information content (AvgIpc) is 2.06. The van der Waals surface area contributed by atoms with Gasteiger partial charge in [0.1, 0.15) is 0 Å². The van der Waals surface area contributed by atoms with Crippen molar-refractivity contribution in [3.05, 3.63) is 23.8 Å². The van der Waals surface area contributed by atoms with Crippen molar-refractivity contribution in [3.63, 3.8) is 0 Å². The third-order valence-electron chi connectivity index (χ3n) is 2.51. The monoisotopic (exact) mass is 230 g/mol. The SMILES string of the molecule is CC(C)(CC1=CC=CCC1=O)P(=O)(O)O. The number of carbonyl (C=O) groups excluding carboxylic acids is 1. The van der Waals surface area contributed by atoms with E-state index in [9.17, 15) is 9.36 Å². The van der Waals surface area contributed by atoms with Crippen molar-refractivity contribution in [2.24, 2.45) is 0 Å². The average molecular weight is 230 g/mol. The molecule has 5 heteroatoms. The van der Waals surface area contributed by atoms with Crippen LogP contribution < -0.4 is 0 Å². The fourth-order valence-electron chi connectivity index (χ4n) is 1.31. The van der Waals surface area contributed by atoms with Gasteiger partial charge in [0, 0.05) is 6.42 Å². The lowest BCUT2D eigenvalue weighted by molar-refractivity contribution is -0.115. The van der Waals surface area contributed by atoms with Crippen molar-refractivity contribution < 1.29 is 19.1 Å². The molecule has 0 fully saturated rings. The molecule has 0 aromatic carbocycles. The predicted octanol–water partition coefficient (Wildman–Crippen LogP) is 1.79. The second-order valence-electron chi connectivity index (χ2n) is 4.28. The Bertz CT molecular complexity index is 373. The molecular weight excluding hydrogens is 215 g/mol. The van der Waals surface area contributed by atoms with E-state index in [0.717, 1.165) is 0 Å². The van der Waals surface area contributed by atoms with E-state index in [1.54, 1.807) is 18.2 Å². The molecule has 0 aromatic heterocycles. The van der Waals surface area contributed by atoms with Crippen molar-refractivity contribution >= 4 is 13.4 Å². The summed E-state index contributed by atoms with van der Waals surface area (Å²) in [5, 5.41) is -1.18. The zero-order chi connectivity index (χ0) is 11.7. The van der Waals surface area contributed by atoms with Gasteiger partial charge in [-0.05, 0) is 25.8 Å². The highest BCUT2D eigenvalue weighted by Crippen LogP contribution is 2.53. The van der Waals surface area contributed by atoms with Gasteiger partial charge in [-0.2, -0.15) is 0 Å². The van der Waals surface area contributed by atoms with Crippen LogP contribution in [0.25, 0.3) is 0 Å². The molecule has 0 aromatic rings. The van der Waals surface area contributed by atoms with E-state index in [1.165, 1.54) is 13.8 Å². The molecule has 0 spiro atoms. The van der Waals surface area contributed by atoms with Crippen LogP contribution in [0.2, 0.25) is 0 Å². The Morgan fingerprint density at radius 1 is 1.47 bits per heavy atom. The minimum Gasteiger partial charge on any atom is -0.324 e. The van der Waals surface area contributed by atoms with Gasteiger partial charge in [-0.3, -0.25) is 9.36 Å². The highest BCUT2D eigenvalue weighted by molar-refractivity contribution is 7.53. The highest BCUT2D eigenvalue weighted by atomic mass is 31.2. The van der Waals surface area contributed by atoms with Gasteiger partial charge in [-0.1, -0.05) is 18.2 Å². The van der Waals surface area contributed by atoms with E-state index in [-0.39, 0.29) is 12.2 Å². The van der Waals surface area contributed by atoms with Gasteiger partial charge in [0.2, 0.25) is 0 Å². The lowest BCUT2D eigenvalue weighted by atomic mass is 9.94. The van der Waals surface area contributed by atoms with E-state index in [0.29, 0.717) is 12.0 Å². The molecule has 0 bridgehead atoms. The lowest BCUT2D eigenvalue weighted by Gasteiger charge is -2.26. The summed E-state index contributed by atoms with van der Waals surface area (Å²) in [5.41, 5.74) is 0.492. The Kier molecular flexibility index (Phi) is 3.34. The smallest absolute Gasteiger partial charge is 0.324 e. The van der Waals surface area contributed by atoms with Gasteiger partial charge in [0.15, 0.2) is 5.78 Å². The van der Waals surface area contributed by atoms with Crippen LogP contribution in [-0.2, 0) is 9.36 Å². The van der Waals surface area contributed by atoms with Crippen molar-refractivity contribution in [2.45, 2.75) is 31.8 Å². The third kappa shape index (κ3) is 2.88. The molecule has 0 atom stereocenters. The Balaban J connectivity index is 2.86. The molecule has 0 unspecified atom stereocenters. The number of carbonyl (C=O) groups is 1. The van der Waals surface area contributed by atoms with Crippen LogP contribution >= 0.6 is 7.60 Å². The van der Waals surface area contributed by atoms with E-state index in [2.05, 4.69) is 0 Å². The van der Waals surface area contributed by atoms with E-state index >= 15 is 0 Å². The summed E-state index contributed by atoms with van der Waals surface area (Å²) >= 11 is 0. The molecule has 0 aliphatic heterocycles. The molecule has 4 nitrogen and oxygen atoms in total. The summed E-state index contributed by atoms with van der Waals surface area (Å²) in [4.78, 5) is 29.7. The summed E-state index contributed by atoms with van der Waals surface area (Å²) in [5.74, 6) is -0.0565. The largest absolute Gasteiger partial charge is 0.331 e. The van der Waals surface area contributed by atoms with Crippen molar-refractivity contribution in [2.75, 3.05) is 0 Å². The molecule has 84 valence electrons. The normalized spacial score (nSPS) is 17.9. The molecule has 15 heavy (non-hydrogen) atoms. The quantitative estimate of drug-likeness (QED) is 0.725. The Labute approximate surface area is 88.9 Å². The fourth-order valence-corrected chi connectivity index (χ4v) is 1.69. The number of rotatable bonds is 3. The second-order valence-corrected chi connectivity index (χ2v) is 6.58. The summed E-state index contributed by atoms with van der Waals surface area (Å²) in [6.07, 6.45) is 5.54. The van der Waals surface area contributed by atoms with Crippen LogP contribution in [0, 0.1) is 0 Å². The fraction of sp³-hybridized carbons (Fsp3) is 0.500. The molecule has 1 aliphatic carbocycles. The van der Waals surface area contributed by atoms with Crippen LogP contribution in [0.5, 0.6) is 0 Å². The van der Waals surface area contributed by atoms with E-state index < -0.39 is 12.8 Å². The van der Waals surface area contributed by atoms with Crippen molar-refractivity contribution in [1.82, 2.24) is 0 Å². The number of allylic oxidation sites excluding steroid dienone is 4. The van der Waals surface area contributed by atoms with Gasteiger partial charge in [0.25, 0.3) is 0 Å². The van der Waals surface area contributed by atoms with Crippen LogP contribution in [0.15, 0.2) is 23.8 Å². The highest BCUT2D eigenvalue weighted by Gasteiger charge is 2.39. The lowest BCUT2D eigenvalue weighted by Crippen LogP contribution is -2.23. The van der Waals surface area contributed by atoms with Gasteiger partial charge in [0.05, 0.1) is 5.16 Å². The first-order valence-electron chi connectivity index (χ1n) is 4.68. The maximum atomic E-state index is 11.4. The Morgan fingerprint density at radius 2 is 2.07 bits per heavy atom. The molecule has 0 heterocycles. The minimum atomic E-state index is -4.18. The minimum absolute atomic E-state index is 0.0565. The standard InChI is InChI=1S/C10H15O4P/c1-10(2,15(12,13)14)7-8-5-3-4-6-9(8)11/h3-5H,6-7H2,1-2H3,(H2,12,13,14). The summed E-state index contributed by atoms with van der Waals surface area (Å²) in [7, 11) is -4.18. The molecule has 0 saturated heterocycles. The maximum Gasteiger partial charge on any atom is 0.331 e. The number of hydrogen-bond donors (Lipinski definition) is 2. The van der Waals surface area contributed by atoms with Crippen LogP contribution in [0.3, 0.4) is 0 Å². The van der Waals surface area contributed by atoms with Gasteiger partial charge in [-0.25, -0.2) is 0 Å². The zero-order valence-electron chi connectivity index (χ0n) is 8.80. The van der Waals surface area contributed by atoms with E-state index in [4.69, 9.17) is 9.79 Å². The topological polar surface area (TPSA) is 74.6 Å². The van der Waals surface area contributed by atoms with E-state index in [1.807, 2.05) is 0 Å². The summed E-state index contributed by atoms with van der Waals surface area (Å²) in [6, 6.07) is 0. The third-order valence-corrected chi connectivity index (χ3v) is 4.24. The predicted molar refractivity (Wildman–Crippen MR) is 57.6 cm³/mol. The molecule has 1 rings (SSSR count). The Hall–Kier alpha value is -0.700. The molecule has 0 saturated carbocycles. The maximum absolute atomic E-state index is 11.4. The molecular formula is C10H15O4P. The first-order chi connectivity index (χ1) is 6.74. The van der Waals surface area contributed by atoms with Gasteiger partial charge in [-0.15, -0.1) is 0 Å². The summed E-state index contributed by atoms with van der Waals surface area (Å²) < 4.78 is 11.2. The number of ketones is 1.